The van der Waals surface area contributed by atoms with Crippen LogP contribution in [0.5, 0.6) is 5.75 Å². The largest absolute Gasteiger partial charge is 0.478 e. The van der Waals surface area contributed by atoms with Crippen molar-refractivity contribution in [3.05, 3.63) is 23.8 Å². The van der Waals surface area contributed by atoms with Crippen LogP contribution < -0.4 is 20.7 Å². The average molecular weight is 331 g/mol. The Kier molecular flexibility index (Phi) is 5.04. The molecule has 1 aromatic rings. The summed E-state index contributed by atoms with van der Waals surface area (Å²) >= 11 is 0. The zero-order valence-corrected chi connectivity index (χ0v) is 14.2. The van der Waals surface area contributed by atoms with Crippen LogP contribution in [0.3, 0.4) is 0 Å². The number of amides is 2. The zero-order valence-electron chi connectivity index (χ0n) is 14.2. The molecule has 1 saturated carbocycles. The molecule has 1 heterocycles. The van der Waals surface area contributed by atoms with Crippen molar-refractivity contribution in [3.8, 4) is 5.75 Å². The van der Waals surface area contributed by atoms with Gasteiger partial charge in [0.2, 0.25) is 5.91 Å². The topological polar surface area (TPSA) is 79.5 Å². The van der Waals surface area contributed by atoms with Crippen molar-refractivity contribution in [3.63, 3.8) is 0 Å². The van der Waals surface area contributed by atoms with E-state index in [-0.39, 0.29) is 17.9 Å². The fourth-order valence-electron chi connectivity index (χ4n) is 2.79. The highest BCUT2D eigenvalue weighted by Gasteiger charge is 2.26. The van der Waals surface area contributed by atoms with Crippen molar-refractivity contribution in [2.75, 3.05) is 18.4 Å². The monoisotopic (exact) mass is 331 g/mol. The van der Waals surface area contributed by atoms with E-state index in [0.717, 1.165) is 18.0 Å². The fourth-order valence-corrected chi connectivity index (χ4v) is 2.79. The minimum atomic E-state index is -0.454. The highest BCUT2D eigenvalue weighted by molar-refractivity contribution is 5.97. The van der Waals surface area contributed by atoms with Gasteiger partial charge >= 0.3 is 0 Å². The normalized spacial score (nSPS) is 20.6. The molecule has 1 aromatic carbocycles. The molecule has 2 amide bonds. The van der Waals surface area contributed by atoms with E-state index in [1.807, 2.05) is 32.0 Å². The van der Waals surface area contributed by atoms with Gasteiger partial charge in [-0.05, 0) is 56.3 Å². The molecule has 3 N–H and O–H groups in total. The molecule has 2 aliphatic rings. The van der Waals surface area contributed by atoms with E-state index in [1.54, 1.807) is 0 Å². The summed E-state index contributed by atoms with van der Waals surface area (Å²) in [7, 11) is 0. The first-order valence-corrected chi connectivity index (χ1v) is 8.68. The number of carbonyl (C=O) groups is 2. The molecule has 6 nitrogen and oxygen atoms in total. The molecule has 6 heteroatoms. The van der Waals surface area contributed by atoms with Crippen LogP contribution in [0.1, 0.15) is 44.7 Å². The highest BCUT2D eigenvalue weighted by Crippen LogP contribution is 2.33. The second kappa shape index (κ2) is 7.21. The minimum absolute atomic E-state index is 0.0125. The van der Waals surface area contributed by atoms with Crippen molar-refractivity contribution >= 4 is 17.5 Å². The standard InChI is InChI=1S/C18H25N3O3/c1-3-15-18(23)21-14-7-6-13(8-16(14)24-15)11(2)20-17(22)10-19-9-12-4-5-12/h6-8,11-12,15,19H,3-5,9-10H2,1-2H3,(H,20,22)(H,21,23). The molecular formula is C18H25N3O3. The maximum absolute atomic E-state index is 12.0. The Hall–Kier alpha value is -2.08. The van der Waals surface area contributed by atoms with Gasteiger partial charge in [-0.2, -0.15) is 0 Å². The SMILES string of the molecule is CCC1Oc2cc(C(C)NC(=O)CNCC3CC3)ccc2NC1=O. The number of rotatable bonds is 7. The maximum Gasteiger partial charge on any atom is 0.265 e. The smallest absolute Gasteiger partial charge is 0.265 e. The van der Waals surface area contributed by atoms with Crippen LogP contribution in [0.4, 0.5) is 5.69 Å². The van der Waals surface area contributed by atoms with Crippen LogP contribution >= 0.6 is 0 Å². The van der Waals surface area contributed by atoms with Crippen LogP contribution in [-0.4, -0.2) is 31.0 Å². The maximum atomic E-state index is 12.0. The van der Waals surface area contributed by atoms with Crippen LogP contribution in [0.2, 0.25) is 0 Å². The summed E-state index contributed by atoms with van der Waals surface area (Å²) in [6.07, 6.45) is 2.71. The second-order valence-electron chi connectivity index (χ2n) is 6.62. The number of hydrogen-bond donors (Lipinski definition) is 3. The first-order valence-electron chi connectivity index (χ1n) is 8.68. The van der Waals surface area contributed by atoms with Crippen molar-refractivity contribution in [1.29, 1.82) is 0 Å². The molecule has 0 radical (unpaired) electrons. The van der Waals surface area contributed by atoms with Crippen molar-refractivity contribution < 1.29 is 14.3 Å². The van der Waals surface area contributed by atoms with E-state index in [9.17, 15) is 9.59 Å². The molecular weight excluding hydrogens is 306 g/mol. The number of carbonyl (C=O) groups excluding carboxylic acids is 2. The Balaban J connectivity index is 1.57. The van der Waals surface area contributed by atoms with Gasteiger partial charge in [-0.15, -0.1) is 0 Å². The lowest BCUT2D eigenvalue weighted by molar-refractivity contribution is -0.123. The van der Waals surface area contributed by atoms with Crippen LogP contribution in [-0.2, 0) is 9.59 Å². The molecule has 3 rings (SSSR count). The van der Waals surface area contributed by atoms with Gasteiger partial charge in [-0.1, -0.05) is 13.0 Å². The summed E-state index contributed by atoms with van der Waals surface area (Å²) in [5, 5.41) is 9.03. The molecule has 24 heavy (non-hydrogen) atoms. The summed E-state index contributed by atoms with van der Waals surface area (Å²) < 4.78 is 5.75. The second-order valence-corrected chi connectivity index (χ2v) is 6.62. The van der Waals surface area contributed by atoms with E-state index < -0.39 is 6.10 Å². The summed E-state index contributed by atoms with van der Waals surface area (Å²) in [4.78, 5) is 23.8. The quantitative estimate of drug-likeness (QED) is 0.714. The predicted molar refractivity (Wildman–Crippen MR) is 91.9 cm³/mol. The van der Waals surface area contributed by atoms with Gasteiger partial charge < -0.3 is 20.7 Å². The lowest BCUT2D eigenvalue weighted by atomic mass is 10.1. The van der Waals surface area contributed by atoms with E-state index in [2.05, 4.69) is 16.0 Å². The van der Waals surface area contributed by atoms with Crippen molar-refractivity contribution in [1.82, 2.24) is 10.6 Å². The molecule has 0 saturated heterocycles. The number of ether oxygens (including phenoxy) is 1. The van der Waals surface area contributed by atoms with Gasteiger partial charge in [0.1, 0.15) is 5.75 Å². The van der Waals surface area contributed by atoms with Crippen LogP contribution in [0.25, 0.3) is 0 Å². The molecule has 1 aliphatic heterocycles. The summed E-state index contributed by atoms with van der Waals surface area (Å²) in [5.41, 5.74) is 1.63. The molecule has 0 aromatic heterocycles. The highest BCUT2D eigenvalue weighted by atomic mass is 16.5. The molecule has 130 valence electrons. The zero-order chi connectivity index (χ0) is 17.1. The van der Waals surface area contributed by atoms with E-state index in [1.165, 1.54) is 12.8 Å². The van der Waals surface area contributed by atoms with Crippen molar-refractivity contribution in [2.45, 2.75) is 45.3 Å². The van der Waals surface area contributed by atoms with Gasteiger partial charge in [0.15, 0.2) is 6.10 Å². The molecule has 2 unspecified atom stereocenters. The van der Waals surface area contributed by atoms with Gasteiger partial charge in [0, 0.05) is 0 Å². The summed E-state index contributed by atoms with van der Waals surface area (Å²) in [5.74, 6) is 1.30. The molecule has 1 fully saturated rings. The number of nitrogens with one attached hydrogen (secondary N) is 3. The summed E-state index contributed by atoms with van der Waals surface area (Å²) in [6, 6.07) is 5.49. The Morgan fingerprint density at radius 2 is 2.21 bits per heavy atom. The third-order valence-electron chi connectivity index (χ3n) is 4.49. The third-order valence-corrected chi connectivity index (χ3v) is 4.49. The number of hydrogen-bond acceptors (Lipinski definition) is 4. The Bertz CT molecular complexity index is 628. The van der Waals surface area contributed by atoms with Gasteiger partial charge in [-0.25, -0.2) is 0 Å². The lowest BCUT2D eigenvalue weighted by Gasteiger charge is -2.26. The van der Waals surface area contributed by atoms with Crippen LogP contribution in [0, 0.1) is 5.92 Å². The van der Waals surface area contributed by atoms with E-state index in [4.69, 9.17) is 4.74 Å². The van der Waals surface area contributed by atoms with Gasteiger partial charge in [-0.3, -0.25) is 9.59 Å². The molecule has 1 aliphatic carbocycles. The van der Waals surface area contributed by atoms with E-state index >= 15 is 0 Å². The predicted octanol–water partition coefficient (Wildman–Crippen LogP) is 1.97. The average Bonchev–Trinajstić information content (AvgIpc) is 3.38. The molecule has 0 bridgehead atoms. The first-order chi connectivity index (χ1) is 11.6. The Morgan fingerprint density at radius 3 is 2.92 bits per heavy atom. The third kappa shape index (κ3) is 4.06. The summed E-state index contributed by atoms with van der Waals surface area (Å²) in [6.45, 7) is 5.12. The molecule has 0 spiro atoms. The van der Waals surface area contributed by atoms with E-state index in [0.29, 0.717) is 24.4 Å². The Labute approximate surface area is 142 Å². The number of fused-ring (bicyclic) bond motifs is 1. The Morgan fingerprint density at radius 1 is 1.42 bits per heavy atom. The first kappa shape index (κ1) is 16.8. The lowest BCUT2D eigenvalue weighted by Crippen LogP contribution is -2.37. The van der Waals surface area contributed by atoms with Crippen LogP contribution in [0.15, 0.2) is 18.2 Å². The van der Waals surface area contributed by atoms with Gasteiger partial charge in [0.05, 0.1) is 18.3 Å². The van der Waals surface area contributed by atoms with Gasteiger partial charge in [0.25, 0.3) is 5.91 Å². The number of anilines is 1. The minimum Gasteiger partial charge on any atom is -0.478 e. The molecule has 2 atom stereocenters. The number of benzene rings is 1. The van der Waals surface area contributed by atoms with Crippen molar-refractivity contribution in [2.24, 2.45) is 5.92 Å². The fraction of sp³-hybridized carbons (Fsp3) is 0.556.